The molecule has 0 saturated carbocycles. The van der Waals surface area contributed by atoms with Crippen molar-refractivity contribution in [3.05, 3.63) is 40.7 Å². The van der Waals surface area contributed by atoms with Gasteiger partial charge in [-0.3, -0.25) is 4.68 Å². The third-order valence-corrected chi connectivity index (χ3v) is 3.13. The Bertz CT molecular complexity index is 573. The van der Waals surface area contributed by atoms with E-state index in [9.17, 15) is 5.11 Å². The molecule has 0 aliphatic heterocycles. The van der Waals surface area contributed by atoms with Crippen molar-refractivity contribution in [2.45, 2.75) is 27.3 Å². The molecule has 0 aliphatic rings. The average Bonchev–Trinajstić information content (AvgIpc) is 2.61. The summed E-state index contributed by atoms with van der Waals surface area (Å²) in [5.41, 5.74) is 5.19. The van der Waals surface area contributed by atoms with Crippen molar-refractivity contribution in [1.29, 1.82) is 0 Å². The molecule has 0 atom stereocenters. The summed E-state index contributed by atoms with van der Waals surface area (Å²) in [6.45, 7) is 6.63. The van der Waals surface area contributed by atoms with Crippen LogP contribution < -0.4 is 5.32 Å². The highest BCUT2D eigenvalue weighted by atomic mass is 16.3. The highest BCUT2D eigenvalue weighted by molar-refractivity contribution is 5.56. The van der Waals surface area contributed by atoms with Gasteiger partial charge in [0.2, 0.25) is 0 Å². The van der Waals surface area contributed by atoms with E-state index in [0.717, 1.165) is 29.1 Å². The van der Waals surface area contributed by atoms with Gasteiger partial charge in [0.1, 0.15) is 5.75 Å². The van der Waals surface area contributed by atoms with Gasteiger partial charge in [-0.25, -0.2) is 0 Å². The summed E-state index contributed by atoms with van der Waals surface area (Å²) < 4.78 is 1.82. The Labute approximate surface area is 107 Å². The first kappa shape index (κ1) is 12.5. The van der Waals surface area contributed by atoms with Crippen molar-refractivity contribution in [1.82, 2.24) is 9.78 Å². The standard InChI is InChI=1S/C14H19N3O/c1-9-6-14(18)10(2)5-13(9)15-7-12-8-17(4)16-11(12)3/h5-6,8,15,18H,7H2,1-4H3. The molecule has 0 fully saturated rings. The lowest BCUT2D eigenvalue weighted by molar-refractivity contribution is 0.471. The summed E-state index contributed by atoms with van der Waals surface area (Å²) >= 11 is 0. The van der Waals surface area contributed by atoms with E-state index in [1.807, 2.05) is 44.8 Å². The van der Waals surface area contributed by atoms with Crippen molar-refractivity contribution < 1.29 is 5.11 Å². The van der Waals surface area contributed by atoms with E-state index in [2.05, 4.69) is 10.4 Å². The van der Waals surface area contributed by atoms with Crippen LogP contribution >= 0.6 is 0 Å². The van der Waals surface area contributed by atoms with Crippen molar-refractivity contribution >= 4 is 5.69 Å². The summed E-state index contributed by atoms with van der Waals surface area (Å²) in [6.07, 6.45) is 2.02. The summed E-state index contributed by atoms with van der Waals surface area (Å²) in [4.78, 5) is 0. The number of nitrogens with zero attached hydrogens (tertiary/aromatic N) is 2. The molecule has 1 heterocycles. The van der Waals surface area contributed by atoms with E-state index in [1.165, 1.54) is 5.56 Å². The van der Waals surface area contributed by atoms with Crippen LogP contribution in [-0.4, -0.2) is 14.9 Å². The van der Waals surface area contributed by atoms with E-state index >= 15 is 0 Å². The van der Waals surface area contributed by atoms with Gasteiger partial charge in [-0.2, -0.15) is 5.10 Å². The average molecular weight is 245 g/mol. The van der Waals surface area contributed by atoms with Gasteiger partial charge in [0, 0.05) is 31.0 Å². The molecule has 0 radical (unpaired) electrons. The van der Waals surface area contributed by atoms with Crippen LogP contribution in [0.3, 0.4) is 0 Å². The second kappa shape index (κ2) is 4.72. The van der Waals surface area contributed by atoms with E-state index in [-0.39, 0.29) is 0 Å². The minimum absolute atomic E-state index is 0.343. The number of phenols is 1. The summed E-state index contributed by atoms with van der Waals surface area (Å²) in [5.74, 6) is 0.343. The van der Waals surface area contributed by atoms with Crippen molar-refractivity contribution in [3.63, 3.8) is 0 Å². The number of hydrogen-bond acceptors (Lipinski definition) is 3. The molecule has 1 aromatic heterocycles. The minimum Gasteiger partial charge on any atom is -0.508 e. The molecule has 4 nitrogen and oxygen atoms in total. The summed E-state index contributed by atoms with van der Waals surface area (Å²) in [5, 5.41) is 17.3. The van der Waals surface area contributed by atoms with Crippen LogP contribution in [0.5, 0.6) is 5.75 Å². The van der Waals surface area contributed by atoms with Crippen LogP contribution in [-0.2, 0) is 13.6 Å². The van der Waals surface area contributed by atoms with Gasteiger partial charge in [-0.05, 0) is 44.0 Å². The zero-order valence-corrected chi connectivity index (χ0v) is 11.3. The van der Waals surface area contributed by atoms with Crippen molar-refractivity contribution in [2.24, 2.45) is 7.05 Å². The molecule has 0 aliphatic carbocycles. The molecule has 0 unspecified atom stereocenters. The topological polar surface area (TPSA) is 50.1 Å². The quantitative estimate of drug-likeness (QED) is 0.817. The lowest BCUT2D eigenvalue weighted by Gasteiger charge is -2.11. The predicted octanol–water partition coefficient (Wildman–Crippen LogP) is 2.66. The smallest absolute Gasteiger partial charge is 0.118 e. The van der Waals surface area contributed by atoms with Gasteiger partial charge in [0.05, 0.1) is 5.69 Å². The molecule has 2 rings (SSSR count). The van der Waals surface area contributed by atoms with Gasteiger partial charge < -0.3 is 10.4 Å². The monoisotopic (exact) mass is 245 g/mol. The highest BCUT2D eigenvalue weighted by Gasteiger charge is 2.06. The Morgan fingerprint density at radius 2 is 1.94 bits per heavy atom. The first-order valence-corrected chi connectivity index (χ1v) is 6.00. The fraction of sp³-hybridized carbons (Fsp3) is 0.357. The van der Waals surface area contributed by atoms with Crippen LogP contribution in [0.2, 0.25) is 0 Å². The molecule has 0 saturated heterocycles. The fourth-order valence-electron chi connectivity index (χ4n) is 2.00. The zero-order valence-electron chi connectivity index (χ0n) is 11.3. The normalized spacial score (nSPS) is 10.7. The van der Waals surface area contributed by atoms with Gasteiger partial charge in [-0.15, -0.1) is 0 Å². The largest absolute Gasteiger partial charge is 0.508 e. The van der Waals surface area contributed by atoms with Crippen LogP contribution in [0.25, 0.3) is 0 Å². The summed E-state index contributed by atoms with van der Waals surface area (Å²) in [7, 11) is 1.92. The molecule has 0 amide bonds. The lowest BCUT2D eigenvalue weighted by atomic mass is 10.1. The molecule has 0 spiro atoms. The molecule has 2 N–H and O–H groups in total. The van der Waals surface area contributed by atoms with E-state index in [1.54, 1.807) is 6.07 Å². The molecular formula is C14H19N3O. The van der Waals surface area contributed by atoms with E-state index < -0.39 is 0 Å². The highest BCUT2D eigenvalue weighted by Crippen LogP contribution is 2.25. The van der Waals surface area contributed by atoms with Crippen molar-refractivity contribution in [2.75, 3.05) is 5.32 Å². The first-order chi connectivity index (χ1) is 8.47. The van der Waals surface area contributed by atoms with E-state index in [4.69, 9.17) is 0 Å². The Balaban J connectivity index is 2.15. The van der Waals surface area contributed by atoms with Crippen LogP contribution in [0.15, 0.2) is 18.3 Å². The number of hydrogen-bond donors (Lipinski definition) is 2. The Morgan fingerprint density at radius 1 is 1.22 bits per heavy atom. The predicted molar refractivity (Wildman–Crippen MR) is 72.9 cm³/mol. The first-order valence-electron chi connectivity index (χ1n) is 6.00. The fourth-order valence-corrected chi connectivity index (χ4v) is 2.00. The van der Waals surface area contributed by atoms with Crippen LogP contribution in [0, 0.1) is 20.8 Å². The molecule has 96 valence electrons. The number of aromatic nitrogens is 2. The van der Waals surface area contributed by atoms with Gasteiger partial charge in [0.25, 0.3) is 0 Å². The number of aryl methyl sites for hydroxylation is 4. The van der Waals surface area contributed by atoms with Crippen LogP contribution in [0.4, 0.5) is 5.69 Å². The summed E-state index contributed by atoms with van der Waals surface area (Å²) in [6, 6.07) is 3.75. The van der Waals surface area contributed by atoms with Gasteiger partial charge in [0.15, 0.2) is 0 Å². The number of benzene rings is 1. The van der Waals surface area contributed by atoms with Crippen LogP contribution in [0.1, 0.15) is 22.4 Å². The van der Waals surface area contributed by atoms with Gasteiger partial charge in [-0.1, -0.05) is 0 Å². The SMILES string of the molecule is Cc1cc(NCc2cn(C)nc2C)c(C)cc1O. The zero-order chi connectivity index (χ0) is 13.3. The maximum Gasteiger partial charge on any atom is 0.118 e. The Hall–Kier alpha value is -1.97. The number of aromatic hydroxyl groups is 1. The molecule has 0 bridgehead atoms. The number of nitrogens with one attached hydrogen (secondary N) is 1. The third-order valence-electron chi connectivity index (χ3n) is 3.13. The third kappa shape index (κ3) is 2.47. The van der Waals surface area contributed by atoms with E-state index in [0.29, 0.717) is 5.75 Å². The minimum atomic E-state index is 0.343. The van der Waals surface area contributed by atoms with Crippen molar-refractivity contribution in [3.8, 4) is 5.75 Å². The number of anilines is 1. The molecule has 18 heavy (non-hydrogen) atoms. The Kier molecular flexibility index (Phi) is 3.28. The second-order valence-corrected chi connectivity index (χ2v) is 4.72. The molecular weight excluding hydrogens is 226 g/mol. The maximum atomic E-state index is 9.62. The molecule has 4 heteroatoms. The number of rotatable bonds is 3. The second-order valence-electron chi connectivity index (χ2n) is 4.72. The lowest BCUT2D eigenvalue weighted by Crippen LogP contribution is -2.02. The maximum absolute atomic E-state index is 9.62. The molecule has 1 aromatic carbocycles. The Morgan fingerprint density at radius 3 is 2.56 bits per heavy atom. The number of phenolic OH excluding ortho intramolecular Hbond substituents is 1. The molecule has 2 aromatic rings. The van der Waals surface area contributed by atoms with Gasteiger partial charge >= 0.3 is 0 Å².